The maximum absolute atomic E-state index is 11.8. The topological polar surface area (TPSA) is 124 Å². The smallest absolute Gasteiger partial charge is 0.241 e. The van der Waals surface area contributed by atoms with Crippen molar-refractivity contribution in [2.75, 3.05) is 12.3 Å². The Hall–Kier alpha value is -2.58. The molecule has 2 heterocycles. The van der Waals surface area contributed by atoms with Crippen molar-refractivity contribution in [3.63, 3.8) is 0 Å². The van der Waals surface area contributed by atoms with Crippen LogP contribution in [0.15, 0.2) is 0 Å². The molecule has 0 atom stereocenters. The largest absolute Gasteiger partial charge is 0.367 e. The summed E-state index contributed by atoms with van der Waals surface area (Å²) in [7, 11) is 0. The van der Waals surface area contributed by atoms with Crippen molar-refractivity contribution in [1.29, 1.82) is 0 Å². The molecule has 2 aromatic rings. The van der Waals surface area contributed by atoms with Gasteiger partial charge in [-0.05, 0) is 48.6 Å². The summed E-state index contributed by atoms with van der Waals surface area (Å²) >= 11 is 0. The summed E-state index contributed by atoms with van der Waals surface area (Å²) in [5.41, 5.74) is 9.06. The van der Waals surface area contributed by atoms with Gasteiger partial charge >= 0.3 is 0 Å². The van der Waals surface area contributed by atoms with Gasteiger partial charge in [-0.15, -0.1) is 0 Å². The van der Waals surface area contributed by atoms with E-state index in [0.717, 1.165) is 24.4 Å². The van der Waals surface area contributed by atoms with Crippen LogP contribution >= 0.6 is 0 Å². The van der Waals surface area contributed by atoms with Crippen LogP contribution in [-0.4, -0.2) is 42.6 Å². The summed E-state index contributed by atoms with van der Waals surface area (Å²) in [5.74, 6) is 0.706. The van der Waals surface area contributed by atoms with Crippen LogP contribution in [-0.2, 0) is 30.6 Å². The molecular weight excluding hydrogens is 296 g/mol. The predicted octanol–water partition coefficient (Wildman–Crippen LogP) is -0.409. The molecule has 122 valence electrons. The van der Waals surface area contributed by atoms with Gasteiger partial charge in [0.15, 0.2) is 0 Å². The lowest BCUT2D eigenvalue weighted by molar-refractivity contribution is -0.121. The minimum absolute atomic E-state index is 0.00288. The molecular formula is C14H20N8O. The first-order chi connectivity index (χ1) is 11.1. The molecule has 0 unspecified atom stereocenters. The number of hydrogen-bond donors (Lipinski definition) is 2. The van der Waals surface area contributed by atoms with Gasteiger partial charge in [0.25, 0.3) is 0 Å². The molecule has 2 aromatic heterocycles. The van der Waals surface area contributed by atoms with E-state index >= 15 is 0 Å². The number of aromatic nitrogens is 6. The Morgan fingerprint density at radius 1 is 1.30 bits per heavy atom. The van der Waals surface area contributed by atoms with Crippen LogP contribution in [0.3, 0.4) is 0 Å². The third kappa shape index (κ3) is 3.61. The highest BCUT2D eigenvalue weighted by atomic mass is 16.2. The monoisotopic (exact) mass is 316 g/mol. The Balaban J connectivity index is 1.53. The van der Waals surface area contributed by atoms with Crippen LogP contribution in [0, 0.1) is 6.92 Å². The molecule has 1 aliphatic rings. The Morgan fingerprint density at radius 3 is 2.91 bits per heavy atom. The van der Waals surface area contributed by atoms with Gasteiger partial charge in [0, 0.05) is 24.4 Å². The molecule has 23 heavy (non-hydrogen) atoms. The number of rotatable bonds is 5. The molecule has 9 heteroatoms. The lowest BCUT2D eigenvalue weighted by Gasteiger charge is -2.17. The third-order valence-electron chi connectivity index (χ3n) is 3.96. The van der Waals surface area contributed by atoms with Crippen molar-refractivity contribution in [3.05, 3.63) is 22.8 Å². The van der Waals surface area contributed by atoms with Crippen LogP contribution in [0.1, 0.15) is 35.6 Å². The summed E-state index contributed by atoms with van der Waals surface area (Å²) in [6.45, 7) is 2.51. The van der Waals surface area contributed by atoms with Gasteiger partial charge in [-0.1, -0.05) is 5.10 Å². The number of fused-ring (bicyclic) bond motifs is 1. The van der Waals surface area contributed by atoms with E-state index in [1.807, 2.05) is 6.92 Å². The standard InChI is InChI=1S/C14H20N8O/c1-9-10-4-2-3-5-11(10)18-12(17-9)6-7-16-13(23)8-22-14(15)19-20-21-22/h2-8H2,1H3,(H,16,23)(H2,15,19,21). The number of anilines is 1. The van der Waals surface area contributed by atoms with E-state index in [2.05, 4.69) is 30.8 Å². The molecule has 0 bridgehead atoms. The Bertz CT molecular complexity index is 711. The van der Waals surface area contributed by atoms with Crippen LogP contribution in [0.2, 0.25) is 0 Å². The fourth-order valence-corrected chi connectivity index (χ4v) is 2.79. The summed E-state index contributed by atoms with van der Waals surface area (Å²) in [5, 5.41) is 13.4. The maximum atomic E-state index is 11.8. The first-order valence-electron chi connectivity index (χ1n) is 7.77. The highest BCUT2D eigenvalue weighted by molar-refractivity contribution is 5.75. The van der Waals surface area contributed by atoms with Crippen LogP contribution in [0.25, 0.3) is 0 Å². The Labute approximate surface area is 133 Å². The lowest BCUT2D eigenvalue weighted by atomic mass is 9.95. The van der Waals surface area contributed by atoms with E-state index in [-0.39, 0.29) is 18.4 Å². The van der Waals surface area contributed by atoms with E-state index in [9.17, 15) is 4.79 Å². The second-order valence-corrected chi connectivity index (χ2v) is 5.65. The van der Waals surface area contributed by atoms with Crippen LogP contribution in [0.4, 0.5) is 5.95 Å². The summed E-state index contributed by atoms with van der Waals surface area (Å²) < 4.78 is 1.24. The van der Waals surface area contributed by atoms with E-state index in [0.29, 0.717) is 13.0 Å². The number of nitrogens with two attached hydrogens (primary N) is 1. The highest BCUT2D eigenvalue weighted by Gasteiger charge is 2.15. The van der Waals surface area contributed by atoms with Crippen molar-refractivity contribution in [3.8, 4) is 0 Å². The molecule has 0 saturated heterocycles. The fourth-order valence-electron chi connectivity index (χ4n) is 2.79. The normalized spacial score (nSPS) is 13.6. The van der Waals surface area contributed by atoms with Crippen molar-refractivity contribution in [2.45, 2.75) is 45.6 Å². The van der Waals surface area contributed by atoms with Crippen molar-refractivity contribution >= 4 is 11.9 Å². The minimum atomic E-state index is -0.196. The average Bonchev–Trinajstić information content (AvgIpc) is 2.92. The maximum Gasteiger partial charge on any atom is 0.241 e. The number of tetrazole rings is 1. The van der Waals surface area contributed by atoms with Crippen molar-refractivity contribution < 1.29 is 4.79 Å². The zero-order valence-corrected chi connectivity index (χ0v) is 13.1. The highest BCUT2D eigenvalue weighted by Crippen LogP contribution is 2.21. The van der Waals surface area contributed by atoms with Gasteiger partial charge in [-0.25, -0.2) is 14.6 Å². The Morgan fingerprint density at radius 2 is 2.13 bits per heavy atom. The number of nitrogens with one attached hydrogen (secondary N) is 1. The van der Waals surface area contributed by atoms with E-state index in [4.69, 9.17) is 5.73 Å². The average molecular weight is 316 g/mol. The summed E-state index contributed by atoms with van der Waals surface area (Å²) in [4.78, 5) is 21.0. The van der Waals surface area contributed by atoms with Crippen molar-refractivity contribution in [1.82, 2.24) is 35.5 Å². The van der Waals surface area contributed by atoms with Gasteiger partial charge in [0.2, 0.25) is 11.9 Å². The van der Waals surface area contributed by atoms with Gasteiger partial charge in [-0.3, -0.25) is 4.79 Å². The number of carbonyl (C=O) groups excluding carboxylic acids is 1. The molecule has 0 aliphatic heterocycles. The molecule has 0 saturated carbocycles. The van der Waals surface area contributed by atoms with E-state index in [1.165, 1.54) is 28.8 Å². The van der Waals surface area contributed by atoms with Gasteiger partial charge < -0.3 is 11.1 Å². The van der Waals surface area contributed by atoms with E-state index < -0.39 is 0 Å². The molecule has 0 aromatic carbocycles. The third-order valence-corrected chi connectivity index (χ3v) is 3.96. The van der Waals surface area contributed by atoms with Crippen LogP contribution < -0.4 is 11.1 Å². The first kappa shape index (κ1) is 15.3. The zero-order valence-electron chi connectivity index (χ0n) is 13.1. The molecule has 9 nitrogen and oxygen atoms in total. The molecule has 1 aliphatic carbocycles. The minimum Gasteiger partial charge on any atom is -0.367 e. The molecule has 0 fully saturated rings. The predicted molar refractivity (Wildman–Crippen MR) is 82.4 cm³/mol. The van der Waals surface area contributed by atoms with Gasteiger partial charge in [-0.2, -0.15) is 0 Å². The molecule has 0 spiro atoms. The molecule has 0 radical (unpaired) electrons. The number of nitrogen functional groups attached to an aromatic ring is 1. The lowest BCUT2D eigenvalue weighted by Crippen LogP contribution is -2.30. The van der Waals surface area contributed by atoms with Gasteiger partial charge in [0.05, 0.1) is 0 Å². The Kier molecular flexibility index (Phi) is 4.45. The van der Waals surface area contributed by atoms with Crippen molar-refractivity contribution in [2.24, 2.45) is 0 Å². The SMILES string of the molecule is Cc1nc(CCNC(=O)Cn2nnnc2N)nc2c1CCCC2. The molecule has 3 rings (SSSR count). The quantitative estimate of drug-likeness (QED) is 0.768. The van der Waals surface area contributed by atoms with Gasteiger partial charge in [0.1, 0.15) is 12.4 Å². The number of nitrogens with zero attached hydrogens (tertiary/aromatic N) is 6. The summed E-state index contributed by atoms with van der Waals surface area (Å²) in [6, 6.07) is 0. The number of aryl methyl sites for hydroxylation is 2. The number of amides is 1. The number of carbonyl (C=O) groups is 1. The summed E-state index contributed by atoms with van der Waals surface area (Å²) in [6.07, 6.45) is 5.10. The second kappa shape index (κ2) is 6.67. The molecule has 1 amide bonds. The zero-order chi connectivity index (χ0) is 16.2. The number of hydrogen-bond acceptors (Lipinski definition) is 7. The molecule has 3 N–H and O–H groups in total. The van der Waals surface area contributed by atoms with E-state index in [1.54, 1.807) is 0 Å². The first-order valence-corrected chi connectivity index (χ1v) is 7.77. The fraction of sp³-hybridized carbons (Fsp3) is 0.571. The van der Waals surface area contributed by atoms with Crippen LogP contribution in [0.5, 0.6) is 0 Å². The second-order valence-electron chi connectivity index (χ2n) is 5.65.